The molecule has 0 aromatic heterocycles. The topological polar surface area (TPSA) is 90.0 Å². The van der Waals surface area contributed by atoms with Crippen molar-refractivity contribution >= 4 is 23.5 Å². The maximum Gasteiger partial charge on any atom is 0.309 e. The molecule has 7 heteroatoms. The van der Waals surface area contributed by atoms with Crippen molar-refractivity contribution in [3.05, 3.63) is 34.4 Å². The van der Waals surface area contributed by atoms with E-state index in [0.717, 1.165) is 95.5 Å². The summed E-state index contributed by atoms with van der Waals surface area (Å²) >= 11 is 0. The number of ketones is 2. The molecule has 2 aliphatic heterocycles. The van der Waals surface area contributed by atoms with Crippen LogP contribution in [0.5, 0.6) is 0 Å². The Hall–Kier alpha value is -2.54. The number of fused-ring (bicyclic) bond motifs is 5. The summed E-state index contributed by atoms with van der Waals surface area (Å²) in [5.41, 5.74) is 4.50. The van der Waals surface area contributed by atoms with Crippen LogP contribution in [-0.4, -0.2) is 48.7 Å². The van der Waals surface area contributed by atoms with E-state index in [1.165, 1.54) is 11.1 Å². The summed E-state index contributed by atoms with van der Waals surface area (Å²) in [6, 6.07) is 4.65. The van der Waals surface area contributed by atoms with Gasteiger partial charge in [-0.1, -0.05) is 37.8 Å². The molecule has 2 atom stereocenters. The fourth-order valence-corrected chi connectivity index (χ4v) is 8.38. The monoisotopic (exact) mass is 549 g/mol. The maximum atomic E-state index is 13.3. The van der Waals surface area contributed by atoms with Gasteiger partial charge in [-0.15, -0.1) is 0 Å². The Balaban J connectivity index is 1.10. The van der Waals surface area contributed by atoms with E-state index in [-0.39, 0.29) is 60.5 Å². The second-order valence-electron chi connectivity index (χ2n) is 12.9. The first-order valence-corrected chi connectivity index (χ1v) is 15.7. The van der Waals surface area contributed by atoms with Crippen molar-refractivity contribution in [1.29, 1.82) is 0 Å². The van der Waals surface area contributed by atoms with Gasteiger partial charge in [0, 0.05) is 23.6 Å². The largest absolute Gasteiger partial charge is 0.457 e. The number of esters is 2. The lowest BCUT2D eigenvalue weighted by Gasteiger charge is -2.31. The summed E-state index contributed by atoms with van der Waals surface area (Å²) < 4.78 is 10.9. The van der Waals surface area contributed by atoms with E-state index in [4.69, 9.17) is 9.47 Å². The van der Waals surface area contributed by atoms with Crippen molar-refractivity contribution in [3.63, 3.8) is 0 Å². The van der Waals surface area contributed by atoms with Crippen LogP contribution < -0.4 is 0 Å². The molecule has 3 aliphatic carbocycles. The molecule has 3 saturated carbocycles. The third-order valence-electron chi connectivity index (χ3n) is 10.7. The minimum Gasteiger partial charge on any atom is -0.457 e. The van der Waals surface area contributed by atoms with E-state index in [1.54, 1.807) is 0 Å². The van der Waals surface area contributed by atoms with E-state index in [2.05, 4.69) is 18.0 Å². The lowest BCUT2D eigenvalue weighted by molar-refractivity contribution is -0.153. The van der Waals surface area contributed by atoms with E-state index < -0.39 is 0 Å². The molecule has 40 heavy (non-hydrogen) atoms. The quantitative estimate of drug-likeness (QED) is 0.276. The fourth-order valence-electron chi connectivity index (χ4n) is 8.38. The highest BCUT2D eigenvalue weighted by molar-refractivity contribution is 6.00. The molecule has 0 N–H and O–H groups in total. The van der Waals surface area contributed by atoms with E-state index in [1.807, 2.05) is 6.07 Å². The molecule has 216 valence electrons. The number of hydrogen-bond acceptors (Lipinski definition) is 7. The molecular weight excluding hydrogens is 506 g/mol. The summed E-state index contributed by atoms with van der Waals surface area (Å²) in [7, 11) is 2.16. The number of ether oxygens (including phenoxy) is 2. The number of carbonyl (C=O) groups excluding carboxylic acids is 4. The van der Waals surface area contributed by atoms with Crippen LogP contribution in [0.4, 0.5) is 0 Å². The normalized spacial score (nSPS) is 28.5. The Bertz CT molecular complexity index is 1160. The van der Waals surface area contributed by atoms with Gasteiger partial charge in [0.05, 0.1) is 11.8 Å². The van der Waals surface area contributed by atoms with Gasteiger partial charge < -0.3 is 9.47 Å². The number of Topliss-reactive ketones (excluding diaryl/α,β-unsaturated/α-hetero) is 2. The van der Waals surface area contributed by atoms with Crippen LogP contribution in [0, 0.1) is 17.8 Å². The Morgan fingerprint density at radius 1 is 0.675 bits per heavy atom. The molecule has 6 rings (SSSR count). The molecule has 2 bridgehead atoms. The first kappa shape index (κ1) is 27.6. The predicted octanol–water partition coefficient (Wildman–Crippen LogP) is 6.00. The molecular formula is C33H43NO6. The highest BCUT2D eigenvalue weighted by Crippen LogP contribution is 2.56. The zero-order chi connectivity index (χ0) is 27.8. The smallest absolute Gasteiger partial charge is 0.309 e. The number of hydrogen-bond donors (Lipinski definition) is 0. The Morgan fingerprint density at radius 3 is 1.82 bits per heavy atom. The molecule has 1 aromatic rings. The molecule has 7 nitrogen and oxygen atoms in total. The zero-order valence-corrected chi connectivity index (χ0v) is 23.8. The highest BCUT2D eigenvalue weighted by atomic mass is 16.5. The van der Waals surface area contributed by atoms with Crippen molar-refractivity contribution in [2.24, 2.45) is 17.8 Å². The predicted molar refractivity (Wildman–Crippen MR) is 149 cm³/mol. The van der Waals surface area contributed by atoms with Crippen molar-refractivity contribution in [3.8, 4) is 0 Å². The van der Waals surface area contributed by atoms with E-state index in [9.17, 15) is 19.2 Å². The van der Waals surface area contributed by atoms with Crippen LogP contribution in [0.1, 0.15) is 135 Å². The molecule has 2 unspecified atom stereocenters. The van der Waals surface area contributed by atoms with Gasteiger partial charge >= 0.3 is 11.9 Å². The van der Waals surface area contributed by atoms with Crippen LogP contribution in [-0.2, 0) is 23.9 Å². The summed E-state index contributed by atoms with van der Waals surface area (Å²) in [6.45, 7) is -0.266. The summed E-state index contributed by atoms with van der Waals surface area (Å²) in [6.07, 6.45) is 13.4. The van der Waals surface area contributed by atoms with Crippen LogP contribution in [0.15, 0.2) is 12.1 Å². The second-order valence-corrected chi connectivity index (χ2v) is 12.9. The first-order chi connectivity index (χ1) is 19.4. The Kier molecular flexibility index (Phi) is 8.11. The van der Waals surface area contributed by atoms with Gasteiger partial charge in [0.2, 0.25) is 5.78 Å². The van der Waals surface area contributed by atoms with Crippen molar-refractivity contribution < 1.29 is 28.7 Å². The third-order valence-corrected chi connectivity index (χ3v) is 10.7. The Morgan fingerprint density at radius 2 is 1.23 bits per heavy atom. The number of benzene rings is 1. The molecule has 0 amide bonds. The Labute approximate surface area is 237 Å². The van der Waals surface area contributed by atoms with Gasteiger partial charge in [-0.25, -0.2) is 0 Å². The summed E-state index contributed by atoms with van der Waals surface area (Å²) in [5, 5.41) is 0. The van der Waals surface area contributed by atoms with Crippen molar-refractivity contribution in [2.75, 3.05) is 20.3 Å². The summed E-state index contributed by atoms with van der Waals surface area (Å²) in [5.74, 6) is -0.225. The average molecular weight is 550 g/mol. The minimum absolute atomic E-state index is 0.0201. The third kappa shape index (κ3) is 5.26. The van der Waals surface area contributed by atoms with Gasteiger partial charge in [0.15, 0.2) is 12.4 Å². The van der Waals surface area contributed by atoms with Crippen LogP contribution in [0.3, 0.4) is 0 Å². The van der Waals surface area contributed by atoms with E-state index >= 15 is 0 Å². The summed E-state index contributed by atoms with van der Waals surface area (Å²) in [4.78, 5) is 53.3. The van der Waals surface area contributed by atoms with Crippen LogP contribution >= 0.6 is 0 Å². The second kappa shape index (κ2) is 11.8. The zero-order valence-electron chi connectivity index (χ0n) is 23.8. The number of nitrogens with zero attached hydrogens (tertiary/aromatic N) is 1. The minimum atomic E-state index is -0.225. The SMILES string of the molecule is CN1C2CCC1c1c(C3CCC(C(=O)COC(=O)C4CCCC4)CC3)ccc(C(=O)COC(=O)C3CCCC3)c12. The van der Waals surface area contributed by atoms with Gasteiger partial charge in [-0.05, 0) is 93.9 Å². The highest BCUT2D eigenvalue weighted by Gasteiger charge is 2.46. The van der Waals surface area contributed by atoms with Crippen molar-refractivity contribution in [1.82, 2.24) is 4.90 Å². The van der Waals surface area contributed by atoms with Gasteiger partial charge in [-0.2, -0.15) is 0 Å². The van der Waals surface area contributed by atoms with Gasteiger partial charge in [0.25, 0.3) is 0 Å². The number of rotatable bonds is 9. The lowest BCUT2D eigenvalue weighted by Crippen LogP contribution is -2.27. The van der Waals surface area contributed by atoms with Crippen LogP contribution in [0.2, 0.25) is 0 Å². The van der Waals surface area contributed by atoms with Gasteiger partial charge in [-0.3, -0.25) is 24.1 Å². The maximum absolute atomic E-state index is 13.3. The van der Waals surface area contributed by atoms with Crippen LogP contribution in [0.25, 0.3) is 0 Å². The number of carbonyl (C=O) groups is 4. The van der Waals surface area contributed by atoms with E-state index in [0.29, 0.717) is 17.5 Å². The van der Waals surface area contributed by atoms with Crippen molar-refractivity contribution in [2.45, 2.75) is 108 Å². The molecule has 1 saturated heterocycles. The molecule has 0 radical (unpaired) electrons. The fraction of sp³-hybridized carbons (Fsp3) is 0.697. The van der Waals surface area contributed by atoms with Gasteiger partial charge in [0.1, 0.15) is 6.61 Å². The standard InChI is InChI=1S/C33H43NO6/c1-34-26-16-17-27(34)31-25(29(36)19-40-33(38)23-8-4-5-9-23)15-14-24(30(26)31)20-10-12-21(13-11-20)28(35)18-39-32(37)22-6-2-3-7-22/h14-15,20-23,26-27H,2-13,16-19H2,1H3. The molecule has 0 spiro atoms. The molecule has 1 aromatic carbocycles. The average Bonchev–Trinajstić information content (AvgIpc) is 3.80. The molecule has 4 fully saturated rings. The first-order valence-electron chi connectivity index (χ1n) is 15.7. The molecule has 5 aliphatic rings. The lowest BCUT2D eigenvalue weighted by atomic mass is 9.73. The molecule has 2 heterocycles.